The minimum Gasteiger partial charge on any atom is -0.245 e. The third-order valence-corrected chi connectivity index (χ3v) is 0.289. The van der Waals surface area contributed by atoms with E-state index in [0.717, 1.165) is 0 Å². The van der Waals surface area contributed by atoms with E-state index >= 15 is 0 Å². The third kappa shape index (κ3) is 5.84. The second-order valence-corrected chi connectivity index (χ2v) is 1.35. The minimum absolute atomic E-state index is 0.0380. The van der Waals surface area contributed by atoms with Crippen LogP contribution in [0, 0.1) is 0 Å². The van der Waals surface area contributed by atoms with E-state index in [9.17, 15) is 0 Å². The molecule has 4 nitrogen and oxygen atoms in total. The predicted octanol–water partition coefficient (Wildman–Crippen LogP) is -0.279. The zero-order valence-corrected chi connectivity index (χ0v) is 4.47. The Balaban J connectivity index is 2.68. The molecule has 0 heterocycles. The fraction of sp³-hybridized carbons (Fsp3) is 1.00. The SMILES string of the molecule is CC(C)OONN. The Morgan fingerprint density at radius 3 is 2.29 bits per heavy atom. The normalized spacial score (nSPS) is 10.3. The van der Waals surface area contributed by atoms with E-state index in [-0.39, 0.29) is 6.10 Å². The quantitative estimate of drug-likeness (QED) is 0.295. The Bertz CT molecular complexity index is 39.9. The summed E-state index contributed by atoms with van der Waals surface area (Å²) in [4.78, 5) is 8.58. The van der Waals surface area contributed by atoms with Gasteiger partial charge in [0.1, 0.15) is 0 Å². The van der Waals surface area contributed by atoms with Gasteiger partial charge < -0.3 is 0 Å². The molecule has 0 aliphatic carbocycles. The molecule has 0 aliphatic rings. The van der Waals surface area contributed by atoms with Crippen LogP contribution in [0.25, 0.3) is 0 Å². The molecule has 0 aromatic carbocycles. The molecule has 0 aromatic rings. The summed E-state index contributed by atoms with van der Waals surface area (Å²) in [5.41, 5.74) is 1.88. The van der Waals surface area contributed by atoms with Crippen LogP contribution >= 0.6 is 0 Å². The topological polar surface area (TPSA) is 56.5 Å². The highest BCUT2D eigenvalue weighted by molar-refractivity contribution is 4.24. The maximum Gasteiger partial charge on any atom is 0.0894 e. The maximum atomic E-state index is 4.68. The fourth-order valence-corrected chi connectivity index (χ4v) is 0.124. The lowest BCUT2D eigenvalue weighted by Gasteiger charge is -2.01. The van der Waals surface area contributed by atoms with E-state index < -0.39 is 0 Å². The highest BCUT2D eigenvalue weighted by Crippen LogP contribution is 1.83. The lowest BCUT2D eigenvalue weighted by Crippen LogP contribution is -2.24. The number of rotatable bonds is 3. The summed E-state index contributed by atoms with van der Waals surface area (Å²) < 4.78 is 0. The van der Waals surface area contributed by atoms with Crippen LogP contribution in [0.2, 0.25) is 0 Å². The van der Waals surface area contributed by atoms with Crippen molar-refractivity contribution in [3.63, 3.8) is 0 Å². The van der Waals surface area contributed by atoms with Gasteiger partial charge in [-0.3, -0.25) is 0 Å². The fourth-order valence-electron chi connectivity index (χ4n) is 0.124. The van der Waals surface area contributed by atoms with Gasteiger partial charge in [-0.05, 0) is 13.8 Å². The van der Waals surface area contributed by atoms with Gasteiger partial charge in [0.15, 0.2) is 0 Å². The lowest BCUT2D eigenvalue weighted by atomic mass is 10.5. The van der Waals surface area contributed by atoms with Crippen molar-refractivity contribution in [3.05, 3.63) is 0 Å². The molecule has 0 aromatic heterocycles. The van der Waals surface area contributed by atoms with Crippen LogP contribution in [-0.4, -0.2) is 6.10 Å². The van der Waals surface area contributed by atoms with Gasteiger partial charge in [-0.1, -0.05) is 0 Å². The van der Waals surface area contributed by atoms with Crippen molar-refractivity contribution in [1.82, 2.24) is 5.59 Å². The molecule has 0 amide bonds. The molecule has 0 aliphatic heterocycles. The van der Waals surface area contributed by atoms with Crippen molar-refractivity contribution >= 4 is 0 Å². The first-order valence-electron chi connectivity index (χ1n) is 2.05. The summed E-state index contributed by atoms with van der Waals surface area (Å²) in [6.45, 7) is 3.66. The van der Waals surface area contributed by atoms with Gasteiger partial charge in [0.25, 0.3) is 0 Å². The lowest BCUT2D eigenvalue weighted by molar-refractivity contribution is -0.357. The summed E-state index contributed by atoms with van der Waals surface area (Å²) in [5, 5.41) is 0. The number of hydrazine groups is 1. The standard InChI is InChI=1S/C3H10N2O2/c1-3(2)6-7-5-4/h3,5H,4H2,1-2H3. The first-order valence-corrected chi connectivity index (χ1v) is 2.05. The Labute approximate surface area is 42.4 Å². The molecule has 0 bridgehead atoms. The van der Waals surface area contributed by atoms with Crippen molar-refractivity contribution < 1.29 is 9.88 Å². The maximum absolute atomic E-state index is 4.68. The Hall–Kier alpha value is -0.160. The van der Waals surface area contributed by atoms with Crippen molar-refractivity contribution in [2.45, 2.75) is 20.0 Å². The van der Waals surface area contributed by atoms with Crippen LogP contribution in [0.5, 0.6) is 0 Å². The van der Waals surface area contributed by atoms with Crippen LogP contribution in [0.15, 0.2) is 0 Å². The highest BCUT2D eigenvalue weighted by Gasteiger charge is 1.88. The summed E-state index contributed by atoms with van der Waals surface area (Å²) >= 11 is 0. The zero-order valence-electron chi connectivity index (χ0n) is 4.47. The molecule has 0 radical (unpaired) electrons. The Morgan fingerprint density at radius 1 is 1.57 bits per heavy atom. The molecule has 0 atom stereocenters. The Kier molecular flexibility index (Phi) is 3.92. The van der Waals surface area contributed by atoms with Crippen molar-refractivity contribution in [1.29, 1.82) is 0 Å². The van der Waals surface area contributed by atoms with E-state index in [1.807, 2.05) is 19.4 Å². The molecule has 3 N–H and O–H groups in total. The third-order valence-electron chi connectivity index (χ3n) is 0.289. The molecule has 0 saturated carbocycles. The van der Waals surface area contributed by atoms with Crippen molar-refractivity contribution in [3.8, 4) is 0 Å². The zero-order chi connectivity index (χ0) is 5.70. The second-order valence-electron chi connectivity index (χ2n) is 1.35. The molecular formula is C3H10N2O2. The largest absolute Gasteiger partial charge is 0.245 e. The van der Waals surface area contributed by atoms with Crippen LogP contribution in [0.3, 0.4) is 0 Å². The summed E-state index contributed by atoms with van der Waals surface area (Å²) in [6, 6.07) is 0. The van der Waals surface area contributed by atoms with Crippen molar-refractivity contribution in [2.24, 2.45) is 5.84 Å². The number of nitrogens with one attached hydrogen (secondary N) is 1. The number of nitrogens with two attached hydrogens (primary N) is 1. The van der Waals surface area contributed by atoms with Gasteiger partial charge in [0.05, 0.1) is 6.10 Å². The van der Waals surface area contributed by atoms with Gasteiger partial charge in [0, 0.05) is 0 Å². The van der Waals surface area contributed by atoms with Crippen molar-refractivity contribution in [2.75, 3.05) is 0 Å². The second kappa shape index (κ2) is 4.01. The number of hydrogen-bond acceptors (Lipinski definition) is 4. The summed E-state index contributed by atoms with van der Waals surface area (Å²) in [5.74, 6) is 4.68. The van der Waals surface area contributed by atoms with Crippen LogP contribution in [0.4, 0.5) is 0 Å². The summed E-state index contributed by atoms with van der Waals surface area (Å²) in [6.07, 6.45) is 0.0380. The monoisotopic (exact) mass is 106 g/mol. The van der Waals surface area contributed by atoms with E-state index in [4.69, 9.17) is 0 Å². The predicted molar refractivity (Wildman–Crippen MR) is 24.6 cm³/mol. The number of hydrogen-bond donors (Lipinski definition) is 2. The van der Waals surface area contributed by atoms with Crippen LogP contribution in [-0.2, 0) is 9.88 Å². The molecule has 4 heteroatoms. The molecule has 0 saturated heterocycles. The first kappa shape index (κ1) is 6.84. The molecule has 0 fully saturated rings. The van der Waals surface area contributed by atoms with E-state index in [0.29, 0.717) is 0 Å². The van der Waals surface area contributed by atoms with Gasteiger partial charge in [0.2, 0.25) is 0 Å². The molecule has 0 rings (SSSR count). The molecule has 0 unspecified atom stereocenters. The van der Waals surface area contributed by atoms with E-state index in [2.05, 4.69) is 15.7 Å². The molecule has 44 valence electrons. The van der Waals surface area contributed by atoms with Gasteiger partial charge >= 0.3 is 0 Å². The molecule has 0 spiro atoms. The van der Waals surface area contributed by atoms with Crippen LogP contribution in [0.1, 0.15) is 13.8 Å². The molecule has 7 heavy (non-hydrogen) atoms. The highest BCUT2D eigenvalue weighted by atomic mass is 17.3. The van der Waals surface area contributed by atoms with Gasteiger partial charge in [-0.25, -0.2) is 10.7 Å². The van der Waals surface area contributed by atoms with Gasteiger partial charge in [-0.15, -0.1) is 10.6 Å². The van der Waals surface area contributed by atoms with Crippen LogP contribution < -0.4 is 11.4 Å². The van der Waals surface area contributed by atoms with Gasteiger partial charge in [-0.2, -0.15) is 0 Å². The first-order chi connectivity index (χ1) is 3.27. The van der Waals surface area contributed by atoms with E-state index in [1.54, 1.807) is 0 Å². The minimum atomic E-state index is 0.0380. The average molecular weight is 106 g/mol. The summed E-state index contributed by atoms with van der Waals surface area (Å²) in [7, 11) is 0. The average Bonchev–Trinajstić information content (AvgIpc) is 1.61. The Morgan fingerprint density at radius 2 is 2.14 bits per heavy atom. The smallest absolute Gasteiger partial charge is 0.0894 e. The molecular weight excluding hydrogens is 96.0 g/mol. The van der Waals surface area contributed by atoms with E-state index in [1.165, 1.54) is 0 Å².